The van der Waals surface area contributed by atoms with Crippen molar-refractivity contribution in [3.8, 4) is 5.69 Å². The molecular formula is C20H17N5O3. The summed E-state index contributed by atoms with van der Waals surface area (Å²) in [6.07, 6.45) is 0.498. The van der Waals surface area contributed by atoms with Gasteiger partial charge in [-0.15, -0.1) is 5.10 Å². The third kappa shape index (κ3) is 3.16. The van der Waals surface area contributed by atoms with Crippen LogP contribution < -0.4 is 0 Å². The number of tetrazole rings is 1. The molecule has 0 saturated heterocycles. The van der Waals surface area contributed by atoms with E-state index in [2.05, 4.69) is 20.5 Å². The number of rotatable bonds is 5. The molecule has 1 atom stereocenters. The van der Waals surface area contributed by atoms with Crippen LogP contribution in [0.2, 0.25) is 0 Å². The SMILES string of the molecule is Cc1[nH]c2ccccc2c1C(=O)C(C)OC(=O)c1cccc(-n2cnnn2)c1. The molecule has 8 nitrogen and oxygen atoms in total. The predicted molar refractivity (Wildman–Crippen MR) is 101 cm³/mol. The molecule has 0 aliphatic rings. The zero-order valence-electron chi connectivity index (χ0n) is 15.3. The fourth-order valence-electron chi connectivity index (χ4n) is 3.13. The van der Waals surface area contributed by atoms with Gasteiger partial charge in [0.25, 0.3) is 0 Å². The number of aromatic amines is 1. The van der Waals surface area contributed by atoms with Crippen LogP contribution in [0.1, 0.15) is 33.3 Å². The van der Waals surface area contributed by atoms with Crippen LogP contribution in [0.15, 0.2) is 54.9 Å². The summed E-state index contributed by atoms with van der Waals surface area (Å²) in [6, 6.07) is 14.2. The Bertz CT molecular complexity index is 1160. The van der Waals surface area contributed by atoms with Gasteiger partial charge in [-0.2, -0.15) is 0 Å². The molecule has 2 heterocycles. The maximum Gasteiger partial charge on any atom is 0.338 e. The van der Waals surface area contributed by atoms with Gasteiger partial charge in [0.1, 0.15) is 6.33 Å². The number of carbonyl (C=O) groups is 2. The average Bonchev–Trinajstić information content (AvgIpc) is 3.34. The molecule has 0 fully saturated rings. The number of nitrogens with zero attached hydrogens (tertiary/aromatic N) is 4. The number of hydrogen-bond donors (Lipinski definition) is 1. The first-order chi connectivity index (χ1) is 13.5. The third-order valence-electron chi connectivity index (χ3n) is 4.49. The van der Waals surface area contributed by atoms with E-state index >= 15 is 0 Å². The molecular weight excluding hydrogens is 358 g/mol. The highest BCUT2D eigenvalue weighted by Gasteiger charge is 2.25. The predicted octanol–water partition coefficient (Wildman–Crippen LogP) is 2.88. The van der Waals surface area contributed by atoms with Crippen LogP contribution in [0, 0.1) is 6.92 Å². The molecule has 0 radical (unpaired) electrons. The number of para-hydroxylation sites is 1. The number of hydrogen-bond acceptors (Lipinski definition) is 6. The largest absolute Gasteiger partial charge is 0.451 e. The second kappa shape index (κ2) is 7.07. The van der Waals surface area contributed by atoms with Crippen molar-refractivity contribution in [2.75, 3.05) is 0 Å². The third-order valence-corrected chi connectivity index (χ3v) is 4.49. The molecule has 28 heavy (non-hydrogen) atoms. The number of benzene rings is 2. The van der Waals surface area contributed by atoms with Gasteiger partial charge in [0.05, 0.1) is 11.3 Å². The Balaban J connectivity index is 1.55. The van der Waals surface area contributed by atoms with Gasteiger partial charge < -0.3 is 9.72 Å². The molecule has 0 saturated carbocycles. The van der Waals surface area contributed by atoms with E-state index in [1.807, 2.05) is 31.2 Å². The van der Waals surface area contributed by atoms with E-state index in [4.69, 9.17) is 4.74 Å². The normalized spacial score (nSPS) is 12.1. The first-order valence-corrected chi connectivity index (χ1v) is 8.70. The highest BCUT2D eigenvalue weighted by Crippen LogP contribution is 2.24. The summed E-state index contributed by atoms with van der Waals surface area (Å²) in [4.78, 5) is 28.7. The molecule has 0 spiro atoms. The molecule has 2 aromatic carbocycles. The number of Topliss-reactive ketones (excluding diaryl/α,β-unsaturated/α-hetero) is 1. The van der Waals surface area contributed by atoms with E-state index in [-0.39, 0.29) is 5.78 Å². The monoisotopic (exact) mass is 375 g/mol. The quantitative estimate of drug-likeness (QED) is 0.425. The van der Waals surface area contributed by atoms with Crippen molar-refractivity contribution in [2.45, 2.75) is 20.0 Å². The number of carbonyl (C=O) groups excluding carboxylic acids is 2. The lowest BCUT2D eigenvalue weighted by atomic mass is 10.0. The molecule has 0 amide bonds. The minimum absolute atomic E-state index is 0.250. The van der Waals surface area contributed by atoms with Crippen LogP contribution in [0.25, 0.3) is 16.6 Å². The lowest BCUT2D eigenvalue weighted by molar-refractivity contribution is 0.0319. The van der Waals surface area contributed by atoms with Crippen LogP contribution in [-0.2, 0) is 4.74 Å². The van der Waals surface area contributed by atoms with Crippen molar-refractivity contribution < 1.29 is 14.3 Å². The van der Waals surface area contributed by atoms with Crippen LogP contribution in [0.3, 0.4) is 0 Å². The Kier molecular flexibility index (Phi) is 4.44. The molecule has 140 valence electrons. The molecule has 0 aliphatic heterocycles. The summed E-state index contributed by atoms with van der Waals surface area (Å²) in [5.41, 5.74) is 3.08. The maximum atomic E-state index is 12.9. The Morgan fingerprint density at radius 1 is 1.14 bits per heavy atom. The molecule has 1 unspecified atom stereocenters. The topological polar surface area (TPSA) is 103 Å². The fourth-order valence-corrected chi connectivity index (χ4v) is 3.13. The molecule has 4 rings (SSSR count). The Morgan fingerprint density at radius 2 is 1.96 bits per heavy atom. The summed E-state index contributed by atoms with van der Waals surface area (Å²) in [5.74, 6) is -0.840. The van der Waals surface area contributed by atoms with E-state index in [9.17, 15) is 9.59 Å². The van der Waals surface area contributed by atoms with Crippen LogP contribution in [0.5, 0.6) is 0 Å². The Labute approximate surface area is 160 Å². The summed E-state index contributed by atoms with van der Waals surface area (Å²) in [6.45, 7) is 3.41. The first kappa shape index (κ1) is 17.6. The van der Waals surface area contributed by atoms with Gasteiger partial charge in [-0.1, -0.05) is 24.3 Å². The second-order valence-electron chi connectivity index (χ2n) is 6.39. The van der Waals surface area contributed by atoms with Gasteiger partial charge >= 0.3 is 5.97 Å². The molecule has 2 aromatic heterocycles. The van der Waals surface area contributed by atoms with Crippen molar-refractivity contribution >= 4 is 22.7 Å². The van der Waals surface area contributed by atoms with Crippen molar-refractivity contribution in [2.24, 2.45) is 0 Å². The van der Waals surface area contributed by atoms with E-state index in [1.165, 1.54) is 11.0 Å². The summed E-state index contributed by atoms with van der Waals surface area (Å²) in [7, 11) is 0. The minimum atomic E-state index is -0.929. The number of esters is 1. The number of aryl methyl sites for hydroxylation is 1. The zero-order valence-corrected chi connectivity index (χ0v) is 15.3. The van der Waals surface area contributed by atoms with Crippen molar-refractivity contribution in [1.82, 2.24) is 25.2 Å². The fraction of sp³-hybridized carbons (Fsp3) is 0.150. The lowest BCUT2D eigenvalue weighted by Gasteiger charge is -2.13. The number of aromatic nitrogens is 5. The Hall–Kier alpha value is -3.81. The molecule has 0 bridgehead atoms. The molecule has 8 heteroatoms. The van der Waals surface area contributed by atoms with Crippen LogP contribution in [-0.4, -0.2) is 43.0 Å². The minimum Gasteiger partial charge on any atom is -0.451 e. The summed E-state index contributed by atoms with van der Waals surface area (Å²) in [5, 5.41) is 11.8. The van der Waals surface area contributed by atoms with Crippen LogP contribution in [0.4, 0.5) is 0 Å². The van der Waals surface area contributed by atoms with Gasteiger partial charge in [0.2, 0.25) is 5.78 Å². The van der Waals surface area contributed by atoms with Crippen molar-refractivity contribution in [3.05, 3.63) is 71.7 Å². The lowest BCUT2D eigenvalue weighted by Crippen LogP contribution is -2.25. The molecule has 1 N–H and O–H groups in total. The maximum absolute atomic E-state index is 12.9. The van der Waals surface area contributed by atoms with E-state index in [0.717, 1.165) is 16.6 Å². The highest BCUT2D eigenvalue weighted by atomic mass is 16.5. The van der Waals surface area contributed by atoms with Gasteiger partial charge in [0, 0.05) is 22.2 Å². The van der Waals surface area contributed by atoms with Crippen LogP contribution >= 0.6 is 0 Å². The first-order valence-electron chi connectivity index (χ1n) is 8.70. The molecule has 0 aliphatic carbocycles. The van der Waals surface area contributed by atoms with Gasteiger partial charge in [-0.3, -0.25) is 4.79 Å². The number of ketones is 1. The number of ether oxygens (including phenoxy) is 1. The van der Waals surface area contributed by atoms with Crippen molar-refractivity contribution in [3.63, 3.8) is 0 Å². The zero-order chi connectivity index (χ0) is 19.7. The Morgan fingerprint density at radius 3 is 2.75 bits per heavy atom. The van der Waals surface area contributed by atoms with Gasteiger partial charge in [0.15, 0.2) is 6.10 Å². The summed E-state index contributed by atoms with van der Waals surface area (Å²) >= 11 is 0. The second-order valence-corrected chi connectivity index (χ2v) is 6.39. The average molecular weight is 375 g/mol. The van der Waals surface area contributed by atoms with Gasteiger partial charge in [-0.25, -0.2) is 9.48 Å². The standard InChI is InChI=1S/C20H17N5O3/c1-12-18(16-8-3-4-9-17(16)22-12)19(26)13(2)28-20(27)14-6-5-7-15(10-14)25-11-21-23-24-25/h3-11,13,22H,1-2H3. The van der Waals surface area contributed by atoms with E-state index < -0.39 is 12.1 Å². The number of fused-ring (bicyclic) bond motifs is 1. The molecule has 4 aromatic rings. The van der Waals surface area contributed by atoms with E-state index in [1.54, 1.807) is 31.2 Å². The smallest absolute Gasteiger partial charge is 0.338 e. The van der Waals surface area contributed by atoms with Crippen molar-refractivity contribution in [1.29, 1.82) is 0 Å². The highest BCUT2D eigenvalue weighted by molar-refractivity contribution is 6.11. The number of nitrogens with one attached hydrogen (secondary N) is 1. The van der Waals surface area contributed by atoms with E-state index in [0.29, 0.717) is 16.8 Å². The summed E-state index contributed by atoms with van der Waals surface area (Å²) < 4.78 is 6.87. The van der Waals surface area contributed by atoms with Gasteiger partial charge in [-0.05, 0) is 48.5 Å². The number of H-pyrrole nitrogens is 1.